The second-order valence-corrected chi connectivity index (χ2v) is 4.37. The molecule has 1 N–H and O–H groups in total. The topological polar surface area (TPSA) is 38.3 Å². The molecule has 0 amide bonds. The Morgan fingerprint density at radius 2 is 2.06 bits per heavy atom. The maximum absolute atomic E-state index is 11.3. The number of benzene rings is 1. The highest BCUT2D eigenvalue weighted by atomic mass is 35.5. The summed E-state index contributed by atoms with van der Waals surface area (Å²) in [6.07, 6.45) is 1.46. The standard InChI is InChI=1S/C13H18ClNO2/c1-10(13(16)17-2)8-12(15-14)9-11-6-4-3-5-7-11/h3-7,10,12,15H,8-9H2,1-2H3/t10-,12+/m0/s1. The summed E-state index contributed by atoms with van der Waals surface area (Å²) in [4.78, 5) is 14.0. The minimum Gasteiger partial charge on any atom is -0.469 e. The second-order valence-electron chi connectivity index (χ2n) is 4.16. The lowest BCUT2D eigenvalue weighted by molar-refractivity contribution is -0.145. The average Bonchev–Trinajstić information content (AvgIpc) is 2.38. The van der Waals surface area contributed by atoms with E-state index in [1.807, 2.05) is 37.3 Å². The fourth-order valence-electron chi connectivity index (χ4n) is 1.79. The van der Waals surface area contributed by atoms with Gasteiger partial charge in [0.1, 0.15) is 0 Å². The number of carbonyl (C=O) groups is 1. The van der Waals surface area contributed by atoms with Crippen molar-refractivity contribution in [2.75, 3.05) is 7.11 Å². The minimum atomic E-state index is -0.199. The third kappa shape index (κ3) is 4.75. The van der Waals surface area contributed by atoms with E-state index < -0.39 is 0 Å². The van der Waals surface area contributed by atoms with E-state index in [1.54, 1.807) is 0 Å². The summed E-state index contributed by atoms with van der Waals surface area (Å²) >= 11 is 5.71. The molecule has 0 aliphatic rings. The van der Waals surface area contributed by atoms with Crippen LogP contribution in [0.2, 0.25) is 0 Å². The number of hydrogen-bond acceptors (Lipinski definition) is 3. The number of rotatable bonds is 6. The Kier molecular flexibility index (Phi) is 6.01. The highest BCUT2D eigenvalue weighted by Gasteiger charge is 2.19. The Morgan fingerprint density at radius 3 is 2.59 bits per heavy atom. The SMILES string of the molecule is COC(=O)[C@@H](C)C[C@H](Cc1ccccc1)NCl. The first-order chi connectivity index (χ1) is 8.17. The molecular weight excluding hydrogens is 238 g/mol. The molecule has 2 atom stereocenters. The molecule has 0 bridgehead atoms. The van der Waals surface area contributed by atoms with Crippen molar-refractivity contribution in [2.24, 2.45) is 5.92 Å². The van der Waals surface area contributed by atoms with Gasteiger partial charge in [0.05, 0.1) is 13.0 Å². The summed E-state index contributed by atoms with van der Waals surface area (Å²) in [6.45, 7) is 1.85. The Bertz CT molecular complexity index is 343. The van der Waals surface area contributed by atoms with Crippen LogP contribution in [0.1, 0.15) is 18.9 Å². The molecule has 0 saturated heterocycles. The molecule has 0 heterocycles. The van der Waals surface area contributed by atoms with Gasteiger partial charge in [-0.2, -0.15) is 0 Å². The van der Waals surface area contributed by atoms with Crippen molar-refractivity contribution in [2.45, 2.75) is 25.8 Å². The molecule has 17 heavy (non-hydrogen) atoms. The predicted molar refractivity (Wildman–Crippen MR) is 68.7 cm³/mol. The minimum absolute atomic E-state index is 0.0631. The average molecular weight is 256 g/mol. The monoisotopic (exact) mass is 255 g/mol. The van der Waals surface area contributed by atoms with Gasteiger partial charge in [-0.15, -0.1) is 0 Å². The third-order valence-electron chi connectivity index (χ3n) is 2.72. The zero-order valence-corrected chi connectivity index (χ0v) is 10.9. The highest BCUT2D eigenvalue weighted by molar-refractivity contribution is 6.13. The zero-order valence-electron chi connectivity index (χ0n) is 10.2. The number of ether oxygens (including phenoxy) is 1. The molecule has 0 aliphatic carbocycles. The van der Waals surface area contributed by atoms with Crippen molar-refractivity contribution in [1.29, 1.82) is 0 Å². The van der Waals surface area contributed by atoms with Crippen LogP contribution in [0.15, 0.2) is 30.3 Å². The Balaban J connectivity index is 2.52. The van der Waals surface area contributed by atoms with Crippen LogP contribution < -0.4 is 4.84 Å². The summed E-state index contributed by atoms with van der Waals surface area (Å²) in [6, 6.07) is 10.1. The first-order valence-corrected chi connectivity index (χ1v) is 6.03. The number of hydrogen-bond donors (Lipinski definition) is 1. The number of nitrogens with one attached hydrogen (secondary N) is 1. The Morgan fingerprint density at radius 1 is 1.41 bits per heavy atom. The normalized spacial score (nSPS) is 14.1. The van der Waals surface area contributed by atoms with Gasteiger partial charge in [0.15, 0.2) is 0 Å². The summed E-state index contributed by atoms with van der Waals surface area (Å²) in [5, 5.41) is 0. The first-order valence-electron chi connectivity index (χ1n) is 5.65. The molecule has 0 saturated carbocycles. The van der Waals surface area contributed by atoms with Crippen LogP contribution in [0.4, 0.5) is 0 Å². The Labute approximate surface area is 107 Å². The molecule has 0 aromatic heterocycles. The van der Waals surface area contributed by atoms with E-state index in [-0.39, 0.29) is 17.9 Å². The van der Waals surface area contributed by atoms with Crippen LogP contribution in [0.5, 0.6) is 0 Å². The smallest absolute Gasteiger partial charge is 0.308 e. The van der Waals surface area contributed by atoms with Gasteiger partial charge < -0.3 is 4.74 Å². The van der Waals surface area contributed by atoms with E-state index >= 15 is 0 Å². The van der Waals surface area contributed by atoms with Crippen molar-refractivity contribution in [3.8, 4) is 0 Å². The van der Waals surface area contributed by atoms with Crippen molar-refractivity contribution in [3.63, 3.8) is 0 Å². The van der Waals surface area contributed by atoms with Gasteiger partial charge in [-0.05, 0) is 30.2 Å². The van der Waals surface area contributed by atoms with Gasteiger partial charge in [-0.3, -0.25) is 4.79 Å². The molecule has 1 rings (SSSR count). The van der Waals surface area contributed by atoms with E-state index in [0.29, 0.717) is 6.42 Å². The van der Waals surface area contributed by atoms with E-state index in [4.69, 9.17) is 16.5 Å². The van der Waals surface area contributed by atoms with Gasteiger partial charge in [0.2, 0.25) is 0 Å². The molecule has 4 heteroatoms. The predicted octanol–water partition coefficient (Wildman–Crippen LogP) is 2.54. The summed E-state index contributed by atoms with van der Waals surface area (Å²) in [5.41, 5.74) is 1.20. The number of esters is 1. The molecule has 0 aliphatic heterocycles. The summed E-state index contributed by atoms with van der Waals surface area (Å²) in [5.74, 6) is -0.352. The fraction of sp³-hybridized carbons (Fsp3) is 0.462. The molecule has 3 nitrogen and oxygen atoms in total. The van der Waals surface area contributed by atoms with Gasteiger partial charge in [0, 0.05) is 6.04 Å². The highest BCUT2D eigenvalue weighted by Crippen LogP contribution is 2.13. The maximum Gasteiger partial charge on any atom is 0.308 e. The molecule has 0 unspecified atom stereocenters. The lowest BCUT2D eigenvalue weighted by atomic mass is 9.97. The Hall–Kier alpha value is -1.06. The fourth-order valence-corrected chi connectivity index (χ4v) is 1.96. The molecular formula is C13H18ClNO2. The van der Waals surface area contributed by atoms with Gasteiger partial charge in [0.25, 0.3) is 0 Å². The van der Waals surface area contributed by atoms with Crippen molar-refractivity contribution >= 4 is 17.7 Å². The zero-order chi connectivity index (χ0) is 12.7. The van der Waals surface area contributed by atoms with Gasteiger partial charge in [-0.1, -0.05) is 37.3 Å². The lowest BCUT2D eigenvalue weighted by Gasteiger charge is -2.18. The third-order valence-corrected chi connectivity index (χ3v) is 3.03. The van der Waals surface area contributed by atoms with Crippen molar-refractivity contribution in [1.82, 2.24) is 4.84 Å². The van der Waals surface area contributed by atoms with Crippen LogP contribution >= 0.6 is 11.8 Å². The number of methoxy groups -OCH3 is 1. The molecule has 1 aromatic carbocycles. The molecule has 0 fully saturated rings. The van der Waals surface area contributed by atoms with E-state index in [0.717, 1.165) is 6.42 Å². The van der Waals surface area contributed by atoms with Crippen LogP contribution in [-0.4, -0.2) is 19.1 Å². The molecule has 1 aromatic rings. The van der Waals surface area contributed by atoms with Gasteiger partial charge >= 0.3 is 5.97 Å². The largest absolute Gasteiger partial charge is 0.469 e. The van der Waals surface area contributed by atoms with Crippen molar-refractivity contribution < 1.29 is 9.53 Å². The number of carbonyl (C=O) groups excluding carboxylic acids is 1. The molecule has 0 spiro atoms. The maximum atomic E-state index is 11.3. The van der Waals surface area contributed by atoms with E-state index in [1.165, 1.54) is 12.7 Å². The van der Waals surface area contributed by atoms with Crippen LogP contribution in [0.3, 0.4) is 0 Å². The first kappa shape index (κ1) is 14.0. The van der Waals surface area contributed by atoms with Crippen LogP contribution in [0.25, 0.3) is 0 Å². The van der Waals surface area contributed by atoms with Crippen LogP contribution in [0, 0.1) is 5.92 Å². The van der Waals surface area contributed by atoms with Gasteiger partial charge in [-0.25, -0.2) is 4.84 Å². The second kappa shape index (κ2) is 7.30. The quantitative estimate of drug-likeness (QED) is 0.627. The lowest BCUT2D eigenvalue weighted by Crippen LogP contribution is -2.29. The van der Waals surface area contributed by atoms with Crippen LogP contribution in [-0.2, 0) is 16.0 Å². The molecule has 0 radical (unpaired) electrons. The van der Waals surface area contributed by atoms with Crippen molar-refractivity contribution in [3.05, 3.63) is 35.9 Å². The summed E-state index contributed by atoms with van der Waals surface area (Å²) < 4.78 is 4.70. The number of halogens is 1. The summed E-state index contributed by atoms with van der Waals surface area (Å²) in [7, 11) is 1.40. The van der Waals surface area contributed by atoms with E-state index in [9.17, 15) is 4.79 Å². The van der Waals surface area contributed by atoms with E-state index in [2.05, 4.69) is 4.84 Å². The molecule has 94 valence electrons.